The molecule has 7 nitrogen and oxygen atoms in total. The first-order valence-corrected chi connectivity index (χ1v) is 13.1. The van der Waals surface area contributed by atoms with E-state index in [0.29, 0.717) is 6.61 Å². The molecule has 1 atom stereocenters. The molecule has 0 saturated heterocycles. The molecular weight excluding hydrogens is 462 g/mol. The fourth-order valence-electron chi connectivity index (χ4n) is 2.70. The Morgan fingerprint density at radius 1 is 1.21 bits per heavy atom. The lowest BCUT2D eigenvalue weighted by Crippen LogP contribution is -2.35. The van der Waals surface area contributed by atoms with Crippen LogP contribution in [0.1, 0.15) is 58.6 Å². The van der Waals surface area contributed by atoms with E-state index < -0.39 is 6.09 Å². The van der Waals surface area contributed by atoms with E-state index in [4.69, 9.17) is 16.3 Å². The standard InChI is InChI=1S/C17H26ClNO2.C7H14N2O2S/c1-4-7-11-21-13-19(16(20)12-18)17-14(5-2)9-8-10-15(17)6-3;1-5(6(2)12-4)9-11-7(10)8-3/h8-10H,4-7,11-13H2,1-3H3;6H,1-4H3,(H,8,10)/b;9-5-. The van der Waals surface area contributed by atoms with Crippen molar-refractivity contribution in [3.8, 4) is 0 Å². The zero-order valence-electron chi connectivity index (χ0n) is 21.1. The minimum absolute atomic E-state index is 0.0294. The van der Waals surface area contributed by atoms with E-state index in [0.717, 1.165) is 48.2 Å². The Morgan fingerprint density at radius 3 is 2.27 bits per heavy atom. The Morgan fingerprint density at radius 2 is 1.82 bits per heavy atom. The number of aryl methyl sites for hydroxylation is 2. The second kappa shape index (κ2) is 18.6. The number of alkyl halides is 1. The molecule has 0 aliphatic heterocycles. The Balaban J connectivity index is 0.000000728. The highest BCUT2D eigenvalue weighted by molar-refractivity contribution is 7.99. The van der Waals surface area contributed by atoms with Gasteiger partial charge in [0.2, 0.25) is 5.91 Å². The van der Waals surface area contributed by atoms with Crippen molar-refractivity contribution in [1.29, 1.82) is 0 Å². The number of carbonyl (C=O) groups is 2. The number of halogens is 1. The number of hydrogen-bond acceptors (Lipinski definition) is 6. The lowest BCUT2D eigenvalue weighted by atomic mass is 10.0. The van der Waals surface area contributed by atoms with Crippen molar-refractivity contribution in [3.05, 3.63) is 29.3 Å². The summed E-state index contributed by atoms with van der Waals surface area (Å²) in [6.45, 7) is 11.1. The van der Waals surface area contributed by atoms with E-state index >= 15 is 0 Å². The molecule has 9 heteroatoms. The highest BCUT2D eigenvalue weighted by Crippen LogP contribution is 2.27. The first-order chi connectivity index (χ1) is 15.8. The summed E-state index contributed by atoms with van der Waals surface area (Å²) < 4.78 is 5.66. The Kier molecular flexibility index (Phi) is 17.6. The monoisotopic (exact) mass is 501 g/mol. The van der Waals surface area contributed by atoms with Crippen LogP contribution < -0.4 is 10.2 Å². The number of amides is 2. The van der Waals surface area contributed by atoms with Gasteiger partial charge in [-0.05, 0) is 50.5 Å². The zero-order chi connectivity index (χ0) is 25.2. The van der Waals surface area contributed by atoms with Gasteiger partial charge in [0.15, 0.2) is 0 Å². The summed E-state index contributed by atoms with van der Waals surface area (Å²) in [7, 11) is 1.49. The van der Waals surface area contributed by atoms with E-state index in [9.17, 15) is 9.59 Å². The van der Waals surface area contributed by atoms with Gasteiger partial charge in [0, 0.05) is 18.9 Å². The number of unbranched alkanes of at least 4 members (excludes halogenated alkanes) is 1. The van der Waals surface area contributed by atoms with Gasteiger partial charge in [-0.2, -0.15) is 11.8 Å². The number of ether oxygens (including phenoxy) is 1. The quantitative estimate of drug-likeness (QED) is 0.100. The van der Waals surface area contributed by atoms with Crippen molar-refractivity contribution < 1.29 is 19.2 Å². The summed E-state index contributed by atoms with van der Waals surface area (Å²) >= 11 is 7.43. The summed E-state index contributed by atoms with van der Waals surface area (Å²) in [5, 5.41) is 6.22. The van der Waals surface area contributed by atoms with Crippen molar-refractivity contribution in [1.82, 2.24) is 5.32 Å². The molecule has 0 spiro atoms. The zero-order valence-corrected chi connectivity index (χ0v) is 22.6. The highest BCUT2D eigenvalue weighted by atomic mass is 35.5. The first kappa shape index (κ1) is 31.2. The van der Waals surface area contributed by atoms with Gasteiger partial charge in [-0.15, -0.1) is 11.6 Å². The SMILES string of the molecule is CCCCOCN(C(=O)CCl)c1c(CC)cccc1CC.CNC(=O)O/N=C(/C)C(C)SC. The molecule has 33 heavy (non-hydrogen) atoms. The van der Waals surface area contributed by atoms with Gasteiger partial charge >= 0.3 is 6.09 Å². The molecule has 0 aromatic heterocycles. The molecule has 0 heterocycles. The number of hydrogen-bond donors (Lipinski definition) is 1. The summed E-state index contributed by atoms with van der Waals surface area (Å²) in [5.74, 6) is -0.137. The van der Waals surface area contributed by atoms with Gasteiger partial charge in [0.1, 0.15) is 12.6 Å². The molecule has 1 aromatic rings. The van der Waals surface area contributed by atoms with Crippen LogP contribution in [0, 0.1) is 0 Å². The van der Waals surface area contributed by atoms with Crippen LogP contribution in [-0.2, 0) is 27.2 Å². The molecule has 1 unspecified atom stereocenters. The summed E-state index contributed by atoms with van der Waals surface area (Å²) in [4.78, 5) is 29.0. The van der Waals surface area contributed by atoms with Crippen molar-refractivity contribution in [2.75, 3.05) is 37.4 Å². The predicted octanol–water partition coefficient (Wildman–Crippen LogP) is 5.63. The Labute approximate surface area is 208 Å². The van der Waals surface area contributed by atoms with Crippen molar-refractivity contribution >= 4 is 46.8 Å². The third-order valence-electron chi connectivity index (χ3n) is 4.93. The topological polar surface area (TPSA) is 80.2 Å². The van der Waals surface area contributed by atoms with E-state index in [2.05, 4.69) is 48.2 Å². The number of nitrogens with one attached hydrogen (secondary N) is 1. The van der Waals surface area contributed by atoms with Crippen LogP contribution >= 0.6 is 23.4 Å². The number of para-hydroxylation sites is 1. The predicted molar refractivity (Wildman–Crippen MR) is 141 cm³/mol. The average Bonchev–Trinajstić information content (AvgIpc) is 2.85. The van der Waals surface area contributed by atoms with Crippen LogP contribution in [0.15, 0.2) is 23.4 Å². The summed E-state index contributed by atoms with van der Waals surface area (Å²) in [6, 6.07) is 6.17. The number of anilines is 1. The lowest BCUT2D eigenvalue weighted by molar-refractivity contribution is -0.117. The molecule has 1 rings (SSSR count). The van der Waals surface area contributed by atoms with E-state index in [1.54, 1.807) is 16.7 Å². The van der Waals surface area contributed by atoms with E-state index in [1.807, 2.05) is 26.2 Å². The third-order valence-corrected chi connectivity index (χ3v) is 6.21. The van der Waals surface area contributed by atoms with Gasteiger partial charge in [-0.3, -0.25) is 14.5 Å². The van der Waals surface area contributed by atoms with Crippen molar-refractivity contribution in [2.24, 2.45) is 5.16 Å². The molecule has 0 saturated carbocycles. The Bertz CT molecular complexity index is 724. The molecular formula is C24H40ClN3O4S. The van der Waals surface area contributed by atoms with Crippen LogP contribution in [0.5, 0.6) is 0 Å². The highest BCUT2D eigenvalue weighted by Gasteiger charge is 2.20. The number of rotatable bonds is 12. The number of thioether (sulfide) groups is 1. The molecule has 1 aromatic carbocycles. The summed E-state index contributed by atoms with van der Waals surface area (Å²) in [5.41, 5.74) is 4.09. The van der Waals surface area contributed by atoms with E-state index in [1.165, 1.54) is 7.05 Å². The third kappa shape index (κ3) is 11.8. The van der Waals surface area contributed by atoms with Gasteiger partial charge in [-0.1, -0.05) is 50.5 Å². The van der Waals surface area contributed by atoms with Crippen LogP contribution in [0.4, 0.5) is 10.5 Å². The second-order valence-corrected chi connectivity index (χ2v) is 8.66. The fourth-order valence-corrected chi connectivity index (χ4v) is 3.23. The maximum Gasteiger partial charge on any atom is 0.433 e. The van der Waals surface area contributed by atoms with Crippen LogP contribution in [-0.4, -0.2) is 55.5 Å². The second-order valence-electron chi connectivity index (χ2n) is 7.22. The number of benzene rings is 1. The number of carbonyl (C=O) groups excluding carboxylic acids is 2. The molecule has 1 N–H and O–H groups in total. The van der Waals surface area contributed by atoms with Gasteiger partial charge in [0.05, 0.1) is 11.4 Å². The number of nitrogens with zero attached hydrogens (tertiary/aromatic N) is 2. The van der Waals surface area contributed by atoms with Gasteiger partial charge in [-0.25, -0.2) is 4.79 Å². The number of oxime groups is 1. The minimum atomic E-state index is -0.539. The Hall–Kier alpha value is -1.77. The summed E-state index contributed by atoms with van der Waals surface area (Å²) in [6.07, 6.45) is 5.27. The smallest absolute Gasteiger partial charge is 0.361 e. The molecule has 0 aliphatic carbocycles. The molecule has 0 radical (unpaired) electrons. The first-order valence-electron chi connectivity index (χ1n) is 11.3. The van der Waals surface area contributed by atoms with Crippen molar-refractivity contribution in [2.45, 2.75) is 65.6 Å². The van der Waals surface area contributed by atoms with Crippen LogP contribution in [0.2, 0.25) is 0 Å². The maximum atomic E-state index is 12.2. The molecule has 0 aliphatic rings. The minimum Gasteiger partial charge on any atom is -0.361 e. The molecule has 0 fully saturated rings. The maximum absolute atomic E-state index is 12.2. The van der Waals surface area contributed by atoms with Crippen LogP contribution in [0.3, 0.4) is 0 Å². The van der Waals surface area contributed by atoms with Gasteiger partial charge in [0.25, 0.3) is 0 Å². The normalized spacial score (nSPS) is 11.8. The van der Waals surface area contributed by atoms with Crippen LogP contribution in [0.25, 0.3) is 0 Å². The molecule has 2 amide bonds. The molecule has 0 bridgehead atoms. The average molecular weight is 502 g/mol. The van der Waals surface area contributed by atoms with E-state index in [-0.39, 0.29) is 23.8 Å². The van der Waals surface area contributed by atoms with Crippen molar-refractivity contribution in [3.63, 3.8) is 0 Å². The fraction of sp³-hybridized carbons (Fsp3) is 0.625. The van der Waals surface area contributed by atoms with Gasteiger partial charge < -0.3 is 10.1 Å². The molecule has 188 valence electrons. The largest absolute Gasteiger partial charge is 0.433 e. The lowest BCUT2D eigenvalue weighted by Gasteiger charge is -2.26.